The molecule has 3 rings (SSSR count). The van der Waals surface area contributed by atoms with Gasteiger partial charge in [-0.05, 0) is 98.0 Å². The quantitative estimate of drug-likeness (QED) is 0.307. The first-order valence-corrected chi connectivity index (χ1v) is 10.1. The van der Waals surface area contributed by atoms with E-state index < -0.39 is 0 Å². The van der Waals surface area contributed by atoms with Crippen LogP contribution in [0.25, 0.3) is 5.69 Å². The molecule has 2 aromatic carbocycles. The topological polar surface area (TPSA) is 55.6 Å². The molecule has 0 saturated heterocycles. The Hall–Kier alpha value is -2.61. The first kappa shape index (κ1) is 20.1. The van der Waals surface area contributed by atoms with Gasteiger partial charge >= 0.3 is 0 Å². The highest BCUT2D eigenvalue weighted by molar-refractivity contribution is 14.1. The Morgan fingerprint density at radius 3 is 2.46 bits per heavy atom. The lowest BCUT2D eigenvalue weighted by atomic mass is 10.2. The van der Waals surface area contributed by atoms with Crippen LogP contribution >= 0.6 is 22.6 Å². The van der Waals surface area contributed by atoms with Crippen molar-refractivity contribution < 1.29 is 9.53 Å². The largest absolute Gasteiger partial charge is 0.494 e. The molecule has 5 nitrogen and oxygen atoms in total. The first-order valence-electron chi connectivity index (χ1n) is 9.00. The zero-order valence-electron chi connectivity index (χ0n) is 16.1. The van der Waals surface area contributed by atoms with E-state index in [1.54, 1.807) is 18.3 Å². The van der Waals surface area contributed by atoms with E-state index in [-0.39, 0.29) is 5.91 Å². The Morgan fingerprint density at radius 2 is 1.82 bits per heavy atom. The summed E-state index contributed by atoms with van der Waals surface area (Å²) in [7, 11) is 0. The van der Waals surface area contributed by atoms with Gasteiger partial charge in [0.2, 0.25) is 0 Å². The molecule has 0 atom stereocenters. The molecule has 6 heteroatoms. The number of aryl methyl sites for hydroxylation is 1. The van der Waals surface area contributed by atoms with E-state index in [1.807, 2.05) is 63.2 Å². The summed E-state index contributed by atoms with van der Waals surface area (Å²) in [6.45, 7) is 6.70. The highest BCUT2D eigenvalue weighted by Crippen LogP contribution is 2.22. The number of ether oxygens (including phenoxy) is 1. The van der Waals surface area contributed by atoms with Crippen LogP contribution < -0.4 is 10.2 Å². The number of carbonyl (C=O) groups is 1. The fraction of sp³-hybridized carbons (Fsp3) is 0.182. The van der Waals surface area contributed by atoms with E-state index in [9.17, 15) is 4.79 Å². The van der Waals surface area contributed by atoms with Gasteiger partial charge in [-0.1, -0.05) is 0 Å². The van der Waals surface area contributed by atoms with Gasteiger partial charge in [0.1, 0.15) is 5.75 Å². The van der Waals surface area contributed by atoms with Gasteiger partial charge in [0, 0.05) is 31.8 Å². The summed E-state index contributed by atoms with van der Waals surface area (Å²) in [6, 6.07) is 17.4. The second kappa shape index (κ2) is 9.05. The summed E-state index contributed by atoms with van der Waals surface area (Å²) < 4.78 is 8.74. The predicted molar refractivity (Wildman–Crippen MR) is 121 cm³/mol. The van der Waals surface area contributed by atoms with E-state index >= 15 is 0 Å². The standard InChI is InChI=1S/C22H22IN3O2/c1-4-28-21-11-9-20(10-12-21)26-15(2)13-18(16(26)3)14-24-25-22(27)17-5-7-19(23)8-6-17/h5-14H,4H2,1-3H3,(H,25,27)/b24-14-. The molecule has 1 aromatic heterocycles. The minimum absolute atomic E-state index is 0.229. The van der Waals surface area contributed by atoms with Gasteiger partial charge in [0.15, 0.2) is 0 Å². The molecule has 0 aliphatic heterocycles. The van der Waals surface area contributed by atoms with Gasteiger partial charge in [-0.15, -0.1) is 0 Å². The van der Waals surface area contributed by atoms with Crippen LogP contribution in [0.5, 0.6) is 5.75 Å². The summed E-state index contributed by atoms with van der Waals surface area (Å²) in [5.41, 5.74) is 7.32. The Balaban J connectivity index is 1.75. The number of halogens is 1. The molecule has 0 radical (unpaired) electrons. The number of hydrazone groups is 1. The van der Waals surface area contributed by atoms with Gasteiger partial charge in [0.05, 0.1) is 12.8 Å². The van der Waals surface area contributed by atoms with Crippen molar-refractivity contribution in [3.63, 3.8) is 0 Å². The molecule has 0 fully saturated rings. The molecular formula is C22H22IN3O2. The van der Waals surface area contributed by atoms with Crippen molar-refractivity contribution in [3.05, 3.63) is 80.7 Å². The van der Waals surface area contributed by atoms with Gasteiger partial charge in [-0.2, -0.15) is 5.10 Å². The summed E-state index contributed by atoms with van der Waals surface area (Å²) >= 11 is 2.21. The molecule has 1 N–H and O–H groups in total. The normalized spacial score (nSPS) is 11.0. The number of nitrogens with zero attached hydrogens (tertiary/aromatic N) is 2. The van der Waals surface area contributed by atoms with E-state index in [0.717, 1.165) is 32.0 Å². The van der Waals surface area contributed by atoms with E-state index in [0.29, 0.717) is 12.2 Å². The number of nitrogens with one attached hydrogen (secondary N) is 1. The van der Waals surface area contributed by atoms with Crippen LogP contribution in [0.3, 0.4) is 0 Å². The summed E-state index contributed by atoms with van der Waals surface area (Å²) in [5, 5.41) is 4.13. The second-order valence-corrected chi connectivity index (χ2v) is 7.54. The molecule has 0 unspecified atom stereocenters. The third kappa shape index (κ3) is 4.62. The first-order chi connectivity index (χ1) is 13.5. The highest BCUT2D eigenvalue weighted by Gasteiger charge is 2.10. The number of carbonyl (C=O) groups excluding carboxylic acids is 1. The number of hydrogen-bond acceptors (Lipinski definition) is 3. The summed E-state index contributed by atoms with van der Waals surface area (Å²) in [4.78, 5) is 12.2. The monoisotopic (exact) mass is 487 g/mol. The van der Waals surface area contributed by atoms with Gasteiger partial charge in [-0.25, -0.2) is 5.43 Å². The molecule has 0 saturated carbocycles. The van der Waals surface area contributed by atoms with Crippen LogP contribution in [0.2, 0.25) is 0 Å². The number of hydrogen-bond donors (Lipinski definition) is 1. The van der Waals surface area contributed by atoms with Crippen LogP contribution in [-0.2, 0) is 0 Å². The maximum atomic E-state index is 12.2. The smallest absolute Gasteiger partial charge is 0.271 e. The molecular weight excluding hydrogens is 465 g/mol. The van der Waals surface area contributed by atoms with E-state index in [1.165, 1.54) is 0 Å². The number of benzene rings is 2. The third-order valence-corrected chi connectivity index (χ3v) is 5.07. The van der Waals surface area contributed by atoms with Crippen LogP contribution in [0.15, 0.2) is 59.7 Å². The van der Waals surface area contributed by atoms with Gasteiger partial charge < -0.3 is 9.30 Å². The van der Waals surface area contributed by atoms with Crippen molar-refractivity contribution in [2.24, 2.45) is 5.10 Å². The Morgan fingerprint density at radius 1 is 1.14 bits per heavy atom. The van der Waals surface area contributed by atoms with Crippen LogP contribution in [0.1, 0.15) is 34.2 Å². The lowest BCUT2D eigenvalue weighted by Crippen LogP contribution is -2.17. The van der Waals surface area contributed by atoms with Crippen molar-refractivity contribution in [2.75, 3.05) is 6.61 Å². The Bertz CT molecular complexity index is 990. The van der Waals surface area contributed by atoms with Crippen LogP contribution in [0.4, 0.5) is 0 Å². The summed E-state index contributed by atoms with van der Waals surface area (Å²) in [6.07, 6.45) is 1.68. The van der Waals surface area contributed by atoms with Gasteiger partial charge in [0.25, 0.3) is 5.91 Å². The molecule has 0 aliphatic carbocycles. The SMILES string of the molecule is CCOc1ccc(-n2c(C)cc(/C=N\NC(=O)c3ccc(I)cc3)c2C)cc1. The maximum absolute atomic E-state index is 12.2. The molecule has 0 spiro atoms. The van der Waals surface area contributed by atoms with Crippen molar-refractivity contribution in [1.82, 2.24) is 9.99 Å². The Kier molecular flexibility index (Phi) is 6.51. The lowest BCUT2D eigenvalue weighted by molar-refractivity contribution is 0.0955. The molecule has 0 aliphatic rings. The summed E-state index contributed by atoms with van der Waals surface area (Å²) in [5.74, 6) is 0.627. The third-order valence-electron chi connectivity index (χ3n) is 4.35. The second-order valence-electron chi connectivity index (χ2n) is 6.29. The molecule has 28 heavy (non-hydrogen) atoms. The molecule has 1 heterocycles. The molecule has 0 bridgehead atoms. The number of rotatable bonds is 6. The van der Waals surface area contributed by atoms with Crippen molar-refractivity contribution in [3.8, 4) is 11.4 Å². The van der Waals surface area contributed by atoms with E-state index in [4.69, 9.17) is 4.74 Å². The van der Waals surface area contributed by atoms with Crippen molar-refractivity contribution in [1.29, 1.82) is 0 Å². The highest BCUT2D eigenvalue weighted by atomic mass is 127. The molecule has 144 valence electrons. The van der Waals surface area contributed by atoms with Crippen molar-refractivity contribution in [2.45, 2.75) is 20.8 Å². The van der Waals surface area contributed by atoms with Crippen molar-refractivity contribution >= 4 is 34.7 Å². The number of aromatic nitrogens is 1. The predicted octanol–water partition coefficient (Wildman–Crippen LogP) is 4.86. The van der Waals surface area contributed by atoms with E-state index in [2.05, 4.69) is 37.7 Å². The zero-order valence-corrected chi connectivity index (χ0v) is 18.2. The average Bonchev–Trinajstić information content (AvgIpc) is 2.97. The number of amides is 1. The fourth-order valence-corrected chi connectivity index (χ4v) is 3.36. The maximum Gasteiger partial charge on any atom is 0.271 e. The Labute approximate surface area is 178 Å². The minimum Gasteiger partial charge on any atom is -0.494 e. The lowest BCUT2D eigenvalue weighted by Gasteiger charge is -2.10. The fourth-order valence-electron chi connectivity index (χ4n) is 3.00. The molecule has 1 amide bonds. The van der Waals surface area contributed by atoms with Crippen LogP contribution in [0, 0.1) is 17.4 Å². The zero-order chi connectivity index (χ0) is 20.1. The minimum atomic E-state index is -0.229. The molecule has 3 aromatic rings. The van der Waals surface area contributed by atoms with Crippen LogP contribution in [-0.4, -0.2) is 23.3 Å². The average molecular weight is 487 g/mol. The van der Waals surface area contributed by atoms with Gasteiger partial charge in [-0.3, -0.25) is 4.79 Å².